The summed E-state index contributed by atoms with van der Waals surface area (Å²) in [5.74, 6) is -0.116. The van der Waals surface area contributed by atoms with Crippen molar-refractivity contribution in [3.8, 4) is 11.3 Å². The van der Waals surface area contributed by atoms with Crippen molar-refractivity contribution < 1.29 is 14.3 Å². The van der Waals surface area contributed by atoms with E-state index >= 15 is 0 Å². The summed E-state index contributed by atoms with van der Waals surface area (Å²) in [4.78, 5) is 31.6. The zero-order chi connectivity index (χ0) is 29.4. The van der Waals surface area contributed by atoms with Crippen LogP contribution in [0.1, 0.15) is 67.1 Å². The molecule has 0 atom stereocenters. The number of carbonyl (C=O) groups excluding carboxylic acids is 2. The lowest BCUT2D eigenvalue weighted by Gasteiger charge is -2.26. The first kappa shape index (κ1) is 28.0. The van der Waals surface area contributed by atoms with E-state index in [-0.39, 0.29) is 5.91 Å². The molecule has 0 radical (unpaired) electrons. The molecule has 0 aliphatic carbocycles. The van der Waals surface area contributed by atoms with Crippen molar-refractivity contribution in [2.24, 2.45) is 0 Å². The van der Waals surface area contributed by atoms with E-state index in [0.29, 0.717) is 24.3 Å². The summed E-state index contributed by atoms with van der Waals surface area (Å²) in [6, 6.07) is 22.8. The van der Waals surface area contributed by atoms with Gasteiger partial charge in [-0.3, -0.25) is 9.69 Å². The molecule has 218 valence electrons. The Morgan fingerprint density at radius 1 is 0.952 bits per heavy atom. The predicted octanol–water partition coefficient (Wildman–Crippen LogP) is 6.96. The lowest BCUT2D eigenvalue weighted by Crippen LogP contribution is -2.29. The molecular weight excluding hydrogens is 524 g/mol. The number of anilines is 1. The number of para-hydroxylation sites is 1. The molecule has 1 aromatic heterocycles. The Balaban J connectivity index is 1.46. The smallest absolute Gasteiger partial charge is 0.419 e. The van der Waals surface area contributed by atoms with E-state index in [1.54, 1.807) is 4.57 Å². The van der Waals surface area contributed by atoms with Gasteiger partial charge in [0.05, 0.1) is 16.8 Å². The Kier molecular flexibility index (Phi) is 7.54. The monoisotopic (exact) mass is 564 g/mol. The molecule has 2 aliphatic heterocycles. The third kappa shape index (κ3) is 5.79. The Morgan fingerprint density at radius 2 is 1.71 bits per heavy atom. The van der Waals surface area contributed by atoms with Crippen molar-refractivity contribution in [3.63, 3.8) is 0 Å². The molecule has 1 N–H and O–H groups in total. The van der Waals surface area contributed by atoms with Gasteiger partial charge in [-0.2, -0.15) is 0 Å². The normalized spacial score (nSPS) is 15.5. The van der Waals surface area contributed by atoms with Gasteiger partial charge >= 0.3 is 6.09 Å². The maximum absolute atomic E-state index is 13.8. The Labute approximate surface area is 248 Å². The number of ether oxygens (including phenoxy) is 1. The summed E-state index contributed by atoms with van der Waals surface area (Å²) >= 11 is 0. The number of carbonyl (C=O) groups is 2. The van der Waals surface area contributed by atoms with Crippen LogP contribution in [0, 0.1) is 0 Å². The van der Waals surface area contributed by atoms with Crippen molar-refractivity contribution in [3.05, 3.63) is 89.0 Å². The fraction of sp³-hybridized carbons (Fsp3) is 0.371. The fourth-order valence-corrected chi connectivity index (χ4v) is 6.22. The van der Waals surface area contributed by atoms with Crippen LogP contribution in [-0.2, 0) is 24.4 Å². The highest BCUT2D eigenvalue weighted by molar-refractivity contribution is 6.07. The molecule has 42 heavy (non-hydrogen) atoms. The molecule has 7 heteroatoms. The number of piperidine rings is 1. The molecule has 0 spiro atoms. The lowest BCUT2D eigenvalue weighted by molar-refractivity contribution is 0.0547. The van der Waals surface area contributed by atoms with Gasteiger partial charge in [0, 0.05) is 43.3 Å². The van der Waals surface area contributed by atoms with Crippen LogP contribution < -0.4 is 10.2 Å². The van der Waals surface area contributed by atoms with E-state index in [1.807, 2.05) is 51.1 Å². The summed E-state index contributed by atoms with van der Waals surface area (Å²) in [6.07, 6.45) is 3.33. The third-order valence-electron chi connectivity index (χ3n) is 8.14. The van der Waals surface area contributed by atoms with Gasteiger partial charge < -0.3 is 15.0 Å². The number of hydrogen-bond donors (Lipinski definition) is 1. The lowest BCUT2D eigenvalue weighted by atomic mass is 9.96. The first-order chi connectivity index (χ1) is 20.2. The van der Waals surface area contributed by atoms with Crippen LogP contribution in [-0.4, -0.2) is 47.2 Å². The summed E-state index contributed by atoms with van der Waals surface area (Å²) in [5.41, 5.74) is 6.50. The summed E-state index contributed by atoms with van der Waals surface area (Å²) < 4.78 is 7.56. The zero-order valence-corrected chi connectivity index (χ0v) is 25.1. The van der Waals surface area contributed by atoms with E-state index in [0.717, 1.165) is 52.9 Å². The van der Waals surface area contributed by atoms with Gasteiger partial charge in [-0.25, -0.2) is 9.36 Å². The van der Waals surface area contributed by atoms with Crippen molar-refractivity contribution >= 4 is 28.6 Å². The van der Waals surface area contributed by atoms with Crippen molar-refractivity contribution in [1.29, 1.82) is 0 Å². The van der Waals surface area contributed by atoms with Crippen LogP contribution in [0.5, 0.6) is 0 Å². The van der Waals surface area contributed by atoms with Gasteiger partial charge in [0.1, 0.15) is 5.60 Å². The van der Waals surface area contributed by atoms with Crippen LogP contribution in [0.3, 0.4) is 0 Å². The minimum absolute atomic E-state index is 0.116. The Bertz CT molecular complexity index is 1630. The molecule has 1 saturated heterocycles. The second kappa shape index (κ2) is 11.3. The number of nitrogens with zero attached hydrogens (tertiary/aromatic N) is 3. The molecule has 4 aromatic rings. The number of hydrogen-bond acceptors (Lipinski definition) is 5. The fourth-order valence-electron chi connectivity index (χ4n) is 6.22. The van der Waals surface area contributed by atoms with Gasteiger partial charge in [0.25, 0.3) is 5.91 Å². The number of amides is 1. The number of likely N-dealkylation sites (tertiary alicyclic amines) is 1. The van der Waals surface area contributed by atoms with Crippen LogP contribution in [0.25, 0.3) is 22.2 Å². The highest BCUT2D eigenvalue weighted by Crippen LogP contribution is 2.36. The molecule has 0 unspecified atom stereocenters. The molecule has 3 aromatic carbocycles. The number of benzene rings is 3. The van der Waals surface area contributed by atoms with E-state index in [9.17, 15) is 9.59 Å². The maximum atomic E-state index is 13.8. The summed E-state index contributed by atoms with van der Waals surface area (Å²) in [5, 5.41) is 3.96. The van der Waals surface area contributed by atoms with E-state index < -0.39 is 11.7 Å². The predicted molar refractivity (Wildman–Crippen MR) is 168 cm³/mol. The highest BCUT2D eigenvalue weighted by Gasteiger charge is 2.29. The van der Waals surface area contributed by atoms with Gasteiger partial charge in [-0.1, -0.05) is 36.8 Å². The largest absolute Gasteiger partial charge is 0.443 e. The number of fused-ring (bicyclic) bond motifs is 2. The first-order valence-corrected chi connectivity index (χ1v) is 15.0. The van der Waals surface area contributed by atoms with Gasteiger partial charge in [-0.05, 0) is 99.8 Å². The highest BCUT2D eigenvalue weighted by atomic mass is 16.6. The number of nitrogens with one attached hydrogen (secondary N) is 1. The number of rotatable bonds is 6. The van der Waals surface area contributed by atoms with Gasteiger partial charge in [0.15, 0.2) is 0 Å². The minimum Gasteiger partial charge on any atom is -0.443 e. The van der Waals surface area contributed by atoms with Crippen LogP contribution in [0.4, 0.5) is 10.5 Å². The van der Waals surface area contributed by atoms with Crippen LogP contribution >= 0.6 is 0 Å². The molecular formula is C35H40N4O3. The molecule has 0 bridgehead atoms. The summed E-state index contributed by atoms with van der Waals surface area (Å²) in [6.45, 7) is 9.87. The van der Waals surface area contributed by atoms with E-state index in [1.165, 1.54) is 24.8 Å². The van der Waals surface area contributed by atoms with E-state index in [4.69, 9.17) is 4.74 Å². The van der Waals surface area contributed by atoms with Gasteiger partial charge in [0.2, 0.25) is 0 Å². The average Bonchev–Trinajstić information content (AvgIpc) is 3.53. The summed E-state index contributed by atoms with van der Waals surface area (Å²) in [7, 11) is 2.06. The second-order valence-electron chi connectivity index (χ2n) is 12.6. The maximum Gasteiger partial charge on any atom is 0.419 e. The van der Waals surface area contributed by atoms with E-state index in [2.05, 4.69) is 58.6 Å². The Hall–Kier alpha value is -4.10. The average molecular weight is 565 g/mol. The third-order valence-corrected chi connectivity index (χ3v) is 8.14. The first-order valence-electron chi connectivity index (χ1n) is 15.0. The second-order valence-corrected chi connectivity index (χ2v) is 12.6. The molecule has 3 heterocycles. The SMILES string of the molecule is CN(Cc1cc2c(c(-c3cc4cc(CN5CCCCC5)ccc4n3C(=O)OC(C)(C)C)c1)C(=O)NC2)c1ccccc1. The Morgan fingerprint density at radius 3 is 2.45 bits per heavy atom. The van der Waals surface area contributed by atoms with Crippen molar-refractivity contribution in [1.82, 2.24) is 14.8 Å². The molecule has 2 aliphatic rings. The van der Waals surface area contributed by atoms with Crippen LogP contribution in [0.2, 0.25) is 0 Å². The van der Waals surface area contributed by atoms with Crippen molar-refractivity contribution in [2.45, 2.75) is 65.3 Å². The standard InChI is InChI=1S/C35H40N4O3/c1-35(2,3)42-34(41)39-30-14-13-24(23-38-15-9-6-10-16-38)17-26(30)20-31(39)29-19-25(18-27-21-36-33(40)32(27)29)22-37(4)28-11-7-5-8-12-28/h5,7-8,11-14,17-20H,6,9-10,15-16,21-23H2,1-4H3,(H,36,40). The molecule has 1 fully saturated rings. The zero-order valence-electron chi connectivity index (χ0n) is 25.1. The molecule has 1 amide bonds. The topological polar surface area (TPSA) is 66.8 Å². The molecule has 0 saturated carbocycles. The van der Waals surface area contributed by atoms with Crippen LogP contribution in [0.15, 0.2) is 66.7 Å². The number of aromatic nitrogens is 1. The van der Waals surface area contributed by atoms with Gasteiger partial charge in [-0.15, -0.1) is 0 Å². The quantitative estimate of drug-likeness (QED) is 0.274. The molecule has 6 rings (SSSR count). The van der Waals surface area contributed by atoms with Crippen molar-refractivity contribution in [2.75, 3.05) is 25.0 Å². The minimum atomic E-state index is -0.668. The molecule has 7 nitrogen and oxygen atoms in total.